The smallest absolute Gasteiger partial charge is 0.115 e. The van der Waals surface area contributed by atoms with E-state index in [0.717, 1.165) is 44.3 Å². The first-order valence-corrected chi connectivity index (χ1v) is 15.5. The molecule has 0 saturated heterocycles. The Morgan fingerprint density at radius 1 is 0.952 bits per heavy atom. The Balaban J connectivity index is 0.000000166. The van der Waals surface area contributed by atoms with Gasteiger partial charge in [-0.05, 0) is 49.8 Å². The van der Waals surface area contributed by atoms with Gasteiger partial charge in [0.1, 0.15) is 5.75 Å². The van der Waals surface area contributed by atoms with E-state index in [0.29, 0.717) is 12.1 Å². The maximum Gasteiger partial charge on any atom is 0.115 e. The Morgan fingerprint density at radius 2 is 1.69 bits per heavy atom. The van der Waals surface area contributed by atoms with E-state index < -0.39 is 0 Å². The molecule has 2 aliphatic carbocycles. The Bertz CT molecular complexity index is 1600. The molecule has 4 aromatic rings. The van der Waals surface area contributed by atoms with E-state index in [1.165, 1.54) is 81.2 Å². The normalized spacial score (nSPS) is 17.5. The van der Waals surface area contributed by atoms with Crippen LogP contribution in [0, 0.1) is 13.0 Å². The molecule has 2 fully saturated rings. The van der Waals surface area contributed by atoms with Crippen molar-refractivity contribution in [3.05, 3.63) is 83.4 Å². The van der Waals surface area contributed by atoms with E-state index in [4.69, 9.17) is 15.0 Å². The van der Waals surface area contributed by atoms with Crippen LogP contribution in [0.15, 0.2) is 71.5 Å². The summed E-state index contributed by atoms with van der Waals surface area (Å²) in [4.78, 5) is 9.45. The fourth-order valence-electron chi connectivity index (χ4n) is 6.64. The molecule has 7 rings (SSSR count). The van der Waals surface area contributed by atoms with Crippen molar-refractivity contribution in [1.82, 2.24) is 4.98 Å². The van der Waals surface area contributed by atoms with Gasteiger partial charge in [0.25, 0.3) is 0 Å². The molecular weight excluding hydrogens is 695 g/mol. The first-order chi connectivity index (χ1) is 20.0. The molecule has 0 bridgehead atoms. The van der Waals surface area contributed by atoms with Crippen LogP contribution in [0.4, 0.5) is 0 Å². The van der Waals surface area contributed by atoms with Gasteiger partial charge in [-0.2, -0.15) is 5.70 Å². The minimum Gasteiger partial charge on any atom is -0.685 e. The Hall–Kier alpha value is -3.01. The Labute approximate surface area is 264 Å². The first-order valence-electron chi connectivity index (χ1n) is 15.5. The predicted molar refractivity (Wildman–Crippen MR) is 172 cm³/mol. The minimum atomic E-state index is 0. The van der Waals surface area contributed by atoms with E-state index in [1.807, 2.05) is 30.5 Å². The number of allylic oxidation sites excluding steroid dienone is 2. The van der Waals surface area contributed by atoms with Crippen LogP contribution in [-0.4, -0.2) is 22.8 Å². The van der Waals surface area contributed by atoms with Crippen LogP contribution >= 0.6 is 0 Å². The zero-order chi connectivity index (χ0) is 28.2. The first kappa shape index (κ1) is 30.4. The summed E-state index contributed by atoms with van der Waals surface area (Å²) >= 11 is 0. The van der Waals surface area contributed by atoms with E-state index in [-0.39, 0.29) is 20.1 Å². The molecule has 1 aromatic heterocycles. The van der Waals surface area contributed by atoms with Crippen molar-refractivity contribution in [2.24, 2.45) is 4.99 Å². The van der Waals surface area contributed by atoms with Crippen molar-refractivity contribution in [3.63, 3.8) is 0 Å². The zero-order valence-corrected chi connectivity index (χ0v) is 27.5. The fourth-order valence-corrected chi connectivity index (χ4v) is 6.64. The topological polar surface area (TPSA) is 48.6 Å². The van der Waals surface area contributed by atoms with Gasteiger partial charge in [-0.15, -0.1) is 18.2 Å². The number of aromatic nitrogens is 1. The number of hydrogen-bond donors (Lipinski definition) is 0. The molecule has 0 unspecified atom stereocenters. The molecule has 0 N–H and O–H groups in total. The van der Waals surface area contributed by atoms with Gasteiger partial charge in [0.15, 0.2) is 0 Å². The molecule has 3 aliphatic rings. The molecule has 0 atom stereocenters. The van der Waals surface area contributed by atoms with E-state index >= 15 is 0 Å². The van der Waals surface area contributed by atoms with Crippen molar-refractivity contribution in [1.29, 1.82) is 0 Å². The van der Waals surface area contributed by atoms with Crippen LogP contribution in [0.1, 0.15) is 83.6 Å². The number of aryl methyl sites for hydroxylation is 1. The molecule has 3 aromatic carbocycles. The number of rotatable bonds is 4. The van der Waals surface area contributed by atoms with Crippen molar-refractivity contribution >= 4 is 27.3 Å². The minimum absolute atomic E-state index is 0. The third-order valence-electron chi connectivity index (χ3n) is 8.56. The number of aliphatic imine (C=N–C) groups is 1. The van der Waals surface area contributed by atoms with Crippen molar-refractivity contribution in [2.75, 3.05) is 0 Å². The fraction of sp³-hybridized carbons (Fsp3) is 0.405. The molecule has 221 valence electrons. The average Bonchev–Trinajstić information content (AvgIpc) is 2.98. The van der Waals surface area contributed by atoms with Crippen molar-refractivity contribution in [3.8, 4) is 22.8 Å². The van der Waals surface area contributed by atoms with Gasteiger partial charge in [-0.3, -0.25) is 4.99 Å². The molecule has 42 heavy (non-hydrogen) atoms. The zero-order valence-electron chi connectivity index (χ0n) is 25.1. The van der Waals surface area contributed by atoms with Gasteiger partial charge in [0.05, 0.1) is 11.8 Å². The summed E-state index contributed by atoms with van der Waals surface area (Å²) in [6.07, 6.45) is 17.4. The third-order valence-corrected chi connectivity index (χ3v) is 8.56. The Morgan fingerprint density at radius 3 is 2.48 bits per heavy atom. The summed E-state index contributed by atoms with van der Waals surface area (Å²) in [6.45, 7) is 6.35. The summed E-state index contributed by atoms with van der Waals surface area (Å²) in [6, 6.07) is 21.0. The van der Waals surface area contributed by atoms with Crippen LogP contribution in [0.2, 0.25) is 0 Å². The molecule has 4 nitrogen and oxygen atoms in total. The van der Waals surface area contributed by atoms with E-state index in [1.54, 1.807) is 0 Å². The molecule has 5 heteroatoms. The van der Waals surface area contributed by atoms with Crippen molar-refractivity contribution < 1.29 is 24.8 Å². The number of benzene rings is 3. The van der Waals surface area contributed by atoms with Gasteiger partial charge in [-0.25, -0.2) is 0 Å². The second kappa shape index (κ2) is 14.0. The van der Waals surface area contributed by atoms with Gasteiger partial charge in [0, 0.05) is 43.1 Å². The van der Waals surface area contributed by atoms with E-state index in [2.05, 4.69) is 62.2 Å². The molecule has 2 heterocycles. The van der Waals surface area contributed by atoms with Gasteiger partial charge < -0.3 is 15.0 Å². The van der Waals surface area contributed by atoms with Crippen LogP contribution in [0.25, 0.3) is 38.1 Å². The summed E-state index contributed by atoms with van der Waals surface area (Å²) in [5, 5.41) is 9.31. The van der Waals surface area contributed by atoms with E-state index in [9.17, 15) is 0 Å². The molecule has 2 saturated carbocycles. The number of pyridine rings is 1. The molecule has 0 spiro atoms. The third kappa shape index (κ3) is 6.96. The SMILES string of the molecule is CC(/C=C(/C)[N-]C1CCCCC1)=NC1CCCCC1.Cc1cc2c3c(nccc3c1)-c1[c-]cc3ccccc3c1O2.[Ir]. The maximum absolute atomic E-state index is 6.27. The molecular formula is C37H41IrN3O-2. The second-order valence-electron chi connectivity index (χ2n) is 12.0. The van der Waals surface area contributed by atoms with Crippen molar-refractivity contribution in [2.45, 2.75) is 97.1 Å². The summed E-state index contributed by atoms with van der Waals surface area (Å²) in [5.41, 5.74) is 5.43. The predicted octanol–water partition coefficient (Wildman–Crippen LogP) is 10.7. The van der Waals surface area contributed by atoms with Crippen LogP contribution in [0.3, 0.4) is 0 Å². The monoisotopic (exact) mass is 736 g/mol. The number of nitrogens with zero attached hydrogens (tertiary/aromatic N) is 3. The number of fused-ring (bicyclic) bond motifs is 4. The average molecular weight is 736 g/mol. The largest absolute Gasteiger partial charge is 0.685 e. The summed E-state index contributed by atoms with van der Waals surface area (Å²) < 4.78 is 6.27. The summed E-state index contributed by atoms with van der Waals surface area (Å²) in [7, 11) is 0. The Kier molecular flexibility index (Phi) is 10.1. The maximum atomic E-state index is 6.27. The number of ether oxygens (including phenoxy) is 1. The van der Waals surface area contributed by atoms with Crippen LogP contribution < -0.4 is 4.74 Å². The van der Waals surface area contributed by atoms with Gasteiger partial charge in [0.2, 0.25) is 0 Å². The van der Waals surface area contributed by atoms with Gasteiger partial charge in [-0.1, -0.05) is 111 Å². The van der Waals surface area contributed by atoms with Crippen LogP contribution in [0.5, 0.6) is 11.5 Å². The molecule has 0 amide bonds. The quantitative estimate of drug-likeness (QED) is 0.136. The summed E-state index contributed by atoms with van der Waals surface area (Å²) in [5.74, 6) is 1.74. The van der Waals surface area contributed by atoms with Gasteiger partial charge >= 0.3 is 0 Å². The molecule has 1 radical (unpaired) electrons. The number of hydrogen-bond acceptors (Lipinski definition) is 3. The van der Waals surface area contributed by atoms with Crippen LogP contribution in [-0.2, 0) is 20.1 Å². The standard InChI is InChI=1S/C20H12NO.C17H29N2.Ir/c1-12-10-14-8-9-21-19-16-7-6-13-4-2-3-5-15(13)20(16)22-17(11-12)18(14)19;1-14(18-16-9-5-3-6-10-16)13-15(2)19-17-11-7-4-8-12-17;/h2-6,8-11H,1H3;13,16-17H,3-12H2,1-2H3;/q2*-1;/b;14-13-,19-15?;. The second-order valence-corrected chi connectivity index (χ2v) is 12.0. The molecule has 1 aliphatic heterocycles.